The number of aryl methyl sites for hydroxylation is 2. The van der Waals surface area contributed by atoms with E-state index in [1.54, 1.807) is 4.68 Å². The van der Waals surface area contributed by atoms with Gasteiger partial charge in [0.15, 0.2) is 5.65 Å². The quantitative estimate of drug-likeness (QED) is 0.651. The second-order valence-electron chi connectivity index (χ2n) is 6.87. The van der Waals surface area contributed by atoms with Crippen LogP contribution >= 0.6 is 0 Å². The van der Waals surface area contributed by atoms with Crippen molar-refractivity contribution in [1.82, 2.24) is 24.6 Å². The van der Waals surface area contributed by atoms with Gasteiger partial charge in [0.1, 0.15) is 18.3 Å². The van der Waals surface area contributed by atoms with Crippen LogP contribution in [0.4, 0.5) is 0 Å². The number of amides is 1. The summed E-state index contributed by atoms with van der Waals surface area (Å²) < 4.78 is 2.98. The second kappa shape index (κ2) is 8.16. The molecule has 2 heterocycles. The summed E-state index contributed by atoms with van der Waals surface area (Å²) in [5.41, 5.74) is 3.31. The SMILES string of the molecule is CCCCCNC(=O)Cn1cnc2c(cnn2-c2cc(C)cc(C)c2)c1=O. The van der Waals surface area contributed by atoms with Crippen LogP contribution in [-0.4, -0.2) is 31.8 Å². The lowest BCUT2D eigenvalue weighted by Crippen LogP contribution is -2.32. The molecule has 0 bridgehead atoms. The summed E-state index contributed by atoms with van der Waals surface area (Å²) in [4.78, 5) is 29.1. The molecule has 1 aromatic carbocycles. The van der Waals surface area contributed by atoms with Gasteiger partial charge in [0.25, 0.3) is 5.56 Å². The number of rotatable bonds is 7. The van der Waals surface area contributed by atoms with Gasteiger partial charge in [-0.25, -0.2) is 9.67 Å². The molecule has 2 aromatic heterocycles. The number of nitrogens with one attached hydrogen (secondary N) is 1. The Bertz CT molecular complexity index is 999. The molecule has 0 radical (unpaired) electrons. The molecule has 7 heteroatoms. The highest BCUT2D eigenvalue weighted by Gasteiger charge is 2.13. The Morgan fingerprint density at radius 3 is 2.59 bits per heavy atom. The smallest absolute Gasteiger partial charge is 0.264 e. The monoisotopic (exact) mass is 367 g/mol. The van der Waals surface area contributed by atoms with E-state index < -0.39 is 0 Å². The summed E-state index contributed by atoms with van der Waals surface area (Å²) in [5.74, 6) is -0.184. The van der Waals surface area contributed by atoms with Crippen LogP contribution in [0.25, 0.3) is 16.7 Å². The molecule has 0 saturated carbocycles. The highest BCUT2D eigenvalue weighted by Crippen LogP contribution is 2.16. The number of benzene rings is 1. The zero-order valence-electron chi connectivity index (χ0n) is 16.0. The lowest BCUT2D eigenvalue weighted by atomic mass is 10.1. The normalized spacial score (nSPS) is 11.1. The molecule has 0 atom stereocenters. The Kier molecular flexibility index (Phi) is 5.69. The van der Waals surface area contributed by atoms with Crippen LogP contribution in [0.3, 0.4) is 0 Å². The Morgan fingerprint density at radius 1 is 1.15 bits per heavy atom. The van der Waals surface area contributed by atoms with E-state index >= 15 is 0 Å². The van der Waals surface area contributed by atoms with Gasteiger partial charge in [-0.3, -0.25) is 14.2 Å². The van der Waals surface area contributed by atoms with E-state index in [1.807, 2.05) is 26.0 Å². The van der Waals surface area contributed by atoms with Crippen molar-refractivity contribution in [2.45, 2.75) is 46.6 Å². The summed E-state index contributed by atoms with van der Waals surface area (Å²) in [5, 5.41) is 7.58. The minimum Gasteiger partial charge on any atom is -0.355 e. The summed E-state index contributed by atoms with van der Waals surface area (Å²) in [6.45, 7) is 6.73. The Morgan fingerprint density at radius 2 is 1.89 bits per heavy atom. The molecule has 0 fully saturated rings. The van der Waals surface area contributed by atoms with E-state index in [2.05, 4.69) is 28.4 Å². The summed E-state index contributed by atoms with van der Waals surface area (Å²) in [7, 11) is 0. The fraction of sp³-hybridized carbons (Fsp3) is 0.400. The molecule has 1 N–H and O–H groups in total. The van der Waals surface area contributed by atoms with Gasteiger partial charge in [0, 0.05) is 6.54 Å². The van der Waals surface area contributed by atoms with Crippen molar-refractivity contribution < 1.29 is 4.79 Å². The first-order chi connectivity index (χ1) is 13.0. The molecule has 0 aliphatic carbocycles. The lowest BCUT2D eigenvalue weighted by molar-refractivity contribution is -0.121. The van der Waals surface area contributed by atoms with Gasteiger partial charge in [0.05, 0.1) is 11.9 Å². The van der Waals surface area contributed by atoms with E-state index in [4.69, 9.17) is 0 Å². The molecule has 0 spiro atoms. The van der Waals surface area contributed by atoms with Crippen LogP contribution in [-0.2, 0) is 11.3 Å². The Hall–Kier alpha value is -2.96. The first kappa shape index (κ1) is 18.8. The zero-order chi connectivity index (χ0) is 19.4. The van der Waals surface area contributed by atoms with Crippen molar-refractivity contribution in [3.05, 3.63) is 52.2 Å². The van der Waals surface area contributed by atoms with Crippen LogP contribution in [0.2, 0.25) is 0 Å². The average Bonchev–Trinajstić information content (AvgIpc) is 3.05. The third kappa shape index (κ3) is 4.24. The third-order valence-corrected chi connectivity index (χ3v) is 4.42. The molecule has 0 saturated heterocycles. The standard InChI is InChI=1S/C20H25N5O2/c1-4-5-6-7-21-18(26)12-24-13-22-19-17(20(24)27)11-23-25(19)16-9-14(2)8-15(3)10-16/h8-11,13H,4-7,12H2,1-3H3,(H,21,26). The largest absolute Gasteiger partial charge is 0.355 e. The maximum atomic E-state index is 12.7. The summed E-state index contributed by atoms with van der Waals surface area (Å²) in [6, 6.07) is 6.07. The maximum Gasteiger partial charge on any atom is 0.264 e. The molecule has 142 valence electrons. The van der Waals surface area contributed by atoms with Crippen LogP contribution in [0, 0.1) is 13.8 Å². The first-order valence-corrected chi connectivity index (χ1v) is 9.28. The van der Waals surface area contributed by atoms with Gasteiger partial charge in [0.2, 0.25) is 5.91 Å². The zero-order valence-corrected chi connectivity index (χ0v) is 16.0. The van der Waals surface area contributed by atoms with Crippen molar-refractivity contribution in [3.63, 3.8) is 0 Å². The molecular formula is C20H25N5O2. The average molecular weight is 367 g/mol. The van der Waals surface area contributed by atoms with Gasteiger partial charge in [-0.2, -0.15) is 5.10 Å². The third-order valence-electron chi connectivity index (χ3n) is 4.42. The van der Waals surface area contributed by atoms with Crippen molar-refractivity contribution in [2.75, 3.05) is 6.54 Å². The fourth-order valence-electron chi connectivity index (χ4n) is 3.14. The van der Waals surface area contributed by atoms with E-state index in [0.717, 1.165) is 36.1 Å². The Balaban J connectivity index is 1.84. The van der Waals surface area contributed by atoms with E-state index in [0.29, 0.717) is 17.6 Å². The molecule has 1 amide bonds. The van der Waals surface area contributed by atoms with Gasteiger partial charge >= 0.3 is 0 Å². The van der Waals surface area contributed by atoms with Crippen molar-refractivity contribution in [2.24, 2.45) is 0 Å². The molecule has 3 aromatic rings. The summed E-state index contributed by atoms with van der Waals surface area (Å²) >= 11 is 0. The molecule has 3 rings (SSSR count). The number of hydrogen-bond donors (Lipinski definition) is 1. The number of hydrogen-bond acceptors (Lipinski definition) is 4. The highest BCUT2D eigenvalue weighted by molar-refractivity contribution is 5.77. The van der Waals surface area contributed by atoms with Crippen LogP contribution in [0.1, 0.15) is 37.3 Å². The van der Waals surface area contributed by atoms with E-state index in [-0.39, 0.29) is 18.0 Å². The number of aromatic nitrogens is 4. The minimum atomic E-state index is -0.265. The lowest BCUT2D eigenvalue weighted by Gasteiger charge is -2.08. The number of carbonyl (C=O) groups excluding carboxylic acids is 1. The first-order valence-electron chi connectivity index (χ1n) is 9.28. The van der Waals surface area contributed by atoms with Crippen molar-refractivity contribution in [3.8, 4) is 5.69 Å². The van der Waals surface area contributed by atoms with Crippen LogP contribution in [0.15, 0.2) is 35.5 Å². The number of unbranched alkanes of at least 4 members (excludes halogenated alkanes) is 2. The van der Waals surface area contributed by atoms with Crippen LogP contribution in [0.5, 0.6) is 0 Å². The molecule has 7 nitrogen and oxygen atoms in total. The maximum absolute atomic E-state index is 12.7. The molecule has 0 unspecified atom stereocenters. The number of carbonyl (C=O) groups is 1. The number of fused-ring (bicyclic) bond motifs is 1. The topological polar surface area (TPSA) is 81.8 Å². The van der Waals surface area contributed by atoms with Gasteiger partial charge in [-0.15, -0.1) is 0 Å². The van der Waals surface area contributed by atoms with Crippen LogP contribution < -0.4 is 10.9 Å². The highest BCUT2D eigenvalue weighted by atomic mass is 16.2. The predicted octanol–water partition coefficient (Wildman–Crippen LogP) is 2.51. The molecular weight excluding hydrogens is 342 g/mol. The van der Waals surface area contributed by atoms with Gasteiger partial charge in [-0.05, 0) is 43.5 Å². The van der Waals surface area contributed by atoms with Crippen molar-refractivity contribution in [1.29, 1.82) is 0 Å². The summed E-state index contributed by atoms with van der Waals surface area (Å²) in [6.07, 6.45) is 6.04. The fourth-order valence-corrected chi connectivity index (χ4v) is 3.14. The molecule has 0 aliphatic heterocycles. The van der Waals surface area contributed by atoms with Gasteiger partial charge in [-0.1, -0.05) is 25.8 Å². The second-order valence-corrected chi connectivity index (χ2v) is 6.87. The van der Waals surface area contributed by atoms with Gasteiger partial charge < -0.3 is 5.32 Å². The van der Waals surface area contributed by atoms with E-state index in [9.17, 15) is 9.59 Å². The predicted molar refractivity (Wildman–Crippen MR) is 105 cm³/mol. The minimum absolute atomic E-state index is 0.0391. The molecule has 27 heavy (non-hydrogen) atoms. The Labute approximate surface area is 158 Å². The number of nitrogens with zero attached hydrogens (tertiary/aromatic N) is 4. The van der Waals surface area contributed by atoms with Crippen molar-refractivity contribution >= 4 is 16.9 Å². The molecule has 0 aliphatic rings. The van der Waals surface area contributed by atoms with E-state index in [1.165, 1.54) is 17.1 Å².